The molecular weight excluding hydrogens is 222 g/mol. The van der Waals surface area contributed by atoms with Gasteiger partial charge in [-0.25, -0.2) is 4.79 Å². The molecule has 5 nitrogen and oxygen atoms in total. The van der Waals surface area contributed by atoms with Crippen LogP contribution in [-0.2, 0) is 16.1 Å². The quantitative estimate of drug-likeness (QED) is 0.802. The lowest BCUT2D eigenvalue weighted by Crippen LogP contribution is -2.33. The largest absolute Gasteiger partial charge is 0.478 e. The van der Waals surface area contributed by atoms with Gasteiger partial charge in [0.2, 0.25) is 5.91 Å². The number of rotatable bonds is 5. The monoisotopic (exact) mass is 237 g/mol. The van der Waals surface area contributed by atoms with Crippen molar-refractivity contribution < 1.29 is 19.4 Å². The van der Waals surface area contributed by atoms with E-state index in [1.54, 1.807) is 19.1 Å². The van der Waals surface area contributed by atoms with Crippen LogP contribution in [0.25, 0.3) is 0 Å². The summed E-state index contributed by atoms with van der Waals surface area (Å²) in [6, 6.07) is 6.43. The summed E-state index contributed by atoms with van der Waals surface area (Å²) < 4.78 is 4.86. The number of benzene rings is 1. The second-order valence-electron chi connectivity index (χ2n) is 3.60. The van der Waals surface area contributed by atoms with Crippen molar-refractivity contribution in [1.82, 2.24) is 5.32 Å². The molecule has 0 saturated heterocycles. The smallest absolute Gasteiger partial charge is 0.335 e. The van der Waals surface area contributed by atoms with Crippen LogP contribution in [0.15, 0.2) is 24.3 Å². The molecule has 0 saturated carbocycles. The van der Waals surface area contributed by atoms with Crippen molar-refractivity contribution in [3.8, 4) is 0 Å². The van der Waals surface area contributed by atoms with Crippen LogP contribution in [0.3, 0.4) is 0 Å². The van der Waals surface area contributed by atoms with Gasteiger partial charge in [-0.3, -0.25) is 4.79 Å². The van der Waals surface area contributed by atoms with Crippen molar-refractivity contribution in [2.24, 2.45) is 0 Å². The first-order chi connectivity index (χ1) is 8.04. The first-order valence-corrected chi connectivity index (χ1v) is 5.17. The van der Waals surface area contributed by atoms with Crippen LogP contribution in [0, 0.1) is 0 Å². The van der Waals surface area contributed by atoms with Crippen LogP contribution in [-0.4, -0.2) is 30.2 Å². The Kier molecular flexibility index (Phi) is 4.66. The maximum absolute atomic E-state index is 11.4. The van der Waals surface area contributed by atoms with E-state index in [4.69, 9.17) is 9.84 Å². The maximum atomic E-state index is 11.4. The minimum atomic E-state index is -0.983. The SMILES string of the molecule is COC(C)C(=O)NCc1cccc(C(=O)O)c1. The molecule has 92 valence electrons. The number of ether oxygens (including phenoxy) is 1. The molecule has 0 aromatic heterocycles. The molecule has 0 bridgehead atoms. The molecule has 0 aliphatic rings. The Balaban J connectivity index is 2.60. The van der Waals surface area contributed by atoms with E-state index in [0.717, 1.165) is 5.56 Å². The fourth-order valence-corrected chi connectivity index (χ4v) is 1.25. The summed E-state index contributed by atoms with van der Waals surface area (Å²) in [5.74, 6) is -1.21. The first-order valence-electron chi connectivity index (χ1n) is 5.17. The third-order valence-corrected chi connectivity index (χ3v) is 2.36. The van der Waals surface area contributed by atoms with Gasteiger partial charge < -0.3 is 15.2 Å². The summed E-state index contributed by atoms with van der Waals surface area (Å²) in [6.45, 7) is 1.93. The molecule has 1 rings (SSSR count). The molecule has 5 heteroatoms. The standard InChI is InChI=1S/C12H15NO4/c1-8(17-2)11(14)13-7-9-4-3-5-10(6-9)12(15)16/h3-6,8H,7H2,1-2H3,(H,13,14)(H,15,16). The minimum Gasteiger partial charge on any atom is -0.478 e. The lowest BCUT2D eigenvalue weighted by molar-refractivity contribution is -0.130. The number of hydrogen-bond donors (Lipinski definition) is 2. The third kappa shape index (κ3) is 3.88. The van der Waals surface area contributed by atoms with Crippen molar-refractivity contribution in [2.75, 3.05) is 7.11 Å². The third-order valence-electron chi connectivity index (χ3n) is 2.36. The van der Waals surface area contributed by atoms with Gasteiger partial charge in [-0.15, -0.1) is 0 Å². The molecule has 0 aliphatic carbocycles. The van der Waals surface area contributed by atoms with Gasteiger partial charge in [0, 0.05) is 13.7 Å². The molecule has 17 heavy (non-hydrogen) atoms. The molecule has 0 heterocycles. The fourth-order valence-electron chi connectivity index (χ4n) is 1.25. The average Bonchev–Trinajstić information content (AvgIpc) is 2.35. The topological polar surface area (TPSA) is 75.6 Å². The number of carboxylic acids is 1. The zero-order valence-electron chi connectivity index (χ0n) is 9.77. The van der Waals surface area contributed by atoms with E-state index in [2.05, 4.69) is 5.32 Å². The average molecular weight is 237 g/mol. The van der Waals surface area contributed by atoms with E-state index in [1.807, 2.05) is 0 Å². The Hall–Kier alpha value is -1.88. The summed E-state index contributed by atoms with van der Waals surface area (Å²) >= 11 is 0. The predicted octanol–water partition coefficient (Wildman–Crippen LogP) is 1.04. The molecule has 0 fully saturated rings. The number of carbonyl (C=O) groups is 2. The Labute approximate surface area is 99.4 Å². The first kappa shape index (κ1) is 13.2. The van der Waals surface area contributed by atoms with Gasteiger partial charge in [0.15, 0.2) is 0 Å². The van der Waals surface area contributed by atoms with Crippen molar-refractivity contribution in [1.29, 1.82) is 0 Å². The van der Waals surface area contributed by atoms with Crippen LogP contribution in [0.5, 0.6) is 0 Å². The summed E-state index contributed by atoms with van der Waals surface area (Å²) in [5, 5.41) is 11.5. The number of nitrogens with one attached hydrogen (secondary N) is 1. The Bertz CT molecular complexity index is 417. The number of carboxylic acid groups (broad SMARTS) is 1. The van der Waals surface area contributed by atoms with Gasteiger partial charge in [0.25, 0.3) is 0 Å². The number of amides is 1. The van der Waals surface area contributed by atoms with Gasteiger partial charge in [-0.2, -0.15) is 0 Å². The Morgan fingerprint density at radius 2 is 2.18 bits per heavy atom. The predicted molar refractivity (Wildman–Crippen MR) is 61.7 cm³/mol. The number of methoxy groups -OCH3 is 1. The van der Waals surface area contributed by atoms with Crippen molar-refractivity contribution in [3.63, 3.8) is 0 Å². The van der Waals surface area contributed by atoms with Crippen LogP contribution in [0.2, 0.25) is 0 Å². The number of carbonyl (C=O) groups excluding carboxylic acids is 1. The Morgan fingerprint density at radius 3 is 2.76 bits per heavy atom. The summed E-state index contributed by atoms with van der Waals surface area (Å²) in [4.78, 5) is 22.2. The highest BCUT2D eigenvalue weighted by molar-refractivity contribution is 5.87. The molecule has 0 spiro atoms. The molecule has 1 aromatic rings. The summed E-state index contributed by atoms with van der Waals surface area (Å²) in [6.07, 6.45) is -0.516. The van der Waals surface area contributed by atoms with E-state index >= 15 is 0 Å². The molecule has 1 amide bonds. The molecule has 2 N–H and O–H groups in total. The zero-order chi connectivity index (χ0) is 12.8. The van der Waals surface area contributed by atoms with Gasteiger partial charge in [-0.1, -0.05) is 12.1 Å². The van der Waals surface area contributed by atoms with Gasteiger partial charge >= 0.3 is 5.97 Å². The number of hydrogen-bond acceptors (Lipinski definition) is 3. The normalized spacial score (nSPS) is 11.9. The molecule has 1 unspecified atom stereocenters. The lowest BCUT2D eigenvalue weighted by atomic mass is 10.1. The van der Waals surface area contributed by atoms with Crippen LogP contribution in [0.1, 0.15) is 22.8 Å². The number of aromatic carboxylic acids is 1. The van der Waals surface area contributed by atoms with E-state index in [9.17, 15) is 9.59 Å². The highest BCUT2D eigenvalue weighted by atomic mass is 16.5. The van der Waals surface area contributed by atoms with Crippen LogP contribution < -0.4 is 5.32 Å². The lowest BCUT2D eigenvalue weighted by Gasteiger charge is -2.10. The second kappa shape index (κ2) is 6.00. The van der Waals surface area contributed by atoms with E-state index < -0.39 is 12.1 Å². The van der Waals surface area contributed by atoms with Crippen molar-refractivity contribution in [3.05, 3.63) is 35.4 Å². The minimum absolute atomic E-state index is 0.205. The fraction of sp³-hybridized carbons (Fsp3) is 0.333. The van der Waals surface area contributed by atoms with Crippen LogP contribution in [0.4, 0.5) is 0 Å². The molecule has 1 aromatic carbocycles. The zero-order valence-corrected chi connectivity index (χ0v) is 9.77. The second-order valence-corrected chi connectivity index (χ2v) is 3.60. The van der Waals surface area contributed by atoms with Gasteiger partial charge in [0.05, 0.1) is 5.56 Å². The van der Waals surface area contributed by atoms with Crippen molar-refractivity contribution in [2.45, 2.75) is 19.6 Å². The van der Waals surface area contributed by atoms with E-state index in [0.29, 0.717) is 0 Å². The molecule has 0 radical (unpaired) electrons. The van der Waals surface area contributed by atoms with E-state index in [1.165, 1.54) is 19.2 Å². The Morgan fingerprint density at radius 1 is 1.47 bits per heavy atom. The van der Waals surface area contributed by atoms with E-state index in [-0.39, 0.29) is 18.0 Å². The summed E-state index contributed by atoms with van der Waals surface area (Å²) in [5.41, 5.74) is 0.943. The highest BCUT2D eigenvalue weighted by Crippen LogP contribution is 2.05. The van der Waals surface area contributed by atoms with Gasteiger partial charge in [-0.05, 0) is 24.6 Å². The molecule has 1 atom stereocenters. The van der Waals surface area contributed by atoms with Gasteiger partial charge in [0.1, 0.15) is 6.10 Å². The molecule has 0 aliphatic heterocycles. The maximum Gasteiger partial charge on any atom is 0.335 e. The molecular formula is C12H15NO4. The highest BCUT2D eigenvalue weighted by Gasteiger charge is 2.10. The summed E-state index contributed by atoms with van der Waals surface area (Å²) in [7, 11) is 1.45. The van der Waals surface area contributed by atoms with Crippen LogP contribution >= 0.6 is 0 Å². The van der Waals surface area contributed by atoms with Crippen molar-refractivity contribution >= 4 is 11.9 Å².